The van der Waals surface area contributed by atoms with Gasteiger partial charge in [0.05, 0.1) is 11.1 Å². The van der Waals surface area contributed by atoms with Gasteiger partial charge in [-0.15, -0.1) is 0 Å². The van der Waals surface area contributed by atoms with Crippen LogP contribution < -0.4 is 4.90 Å². The van der Waals surface area contributed by atoms with Gasteiger partial charge in [-0.05, 0) is 108 Å². The summed E-state index contributed by atoms with van der Waals surface area (Å²) in [7, 11) is 0. The average molecular weight is 856 g/mol. The number of hydrogen-bond donors (Lipinski definition) is 0. The lowest BCUT2D eigenvalue weighted by atomic mass is 9.67. The van der Waals surface area contributed by atoms with Crippen molar-refractivity contribution >= 4 is 38.6 Å². The van der Waals surface area contributed by atoms with Crippen LogP contribution in [0.25, 0.3) is 54.9 Å². The highest BCUT2D eigenvalue weighted by atomic mass is 15.1. The molecule has 0 atom stereocenters. The Kier molecular flexibility index (Phi) is 9.81. The quantitative estimate of drug-likeness (QED) is 0.140. The van der Waals surface area contributed by atoms with Gasteiger partial charge < -0.3 is 4.90 Å². The van der Waals surface area contributed by atoms with E-state index in [9.17, 15) is 0 Å². The SMILES string of the molecule is CC(C)(c1ccc(-c2ccc(N(c3ccc(-c4ccccc4)cc3)c3c4c(cc5ccccc35)C(c3ccccc3)(c3ccccc3)c3ccccc3-4)cc2)cc1)c1ccc2ccccc2c1. The standard InChI is InChI=1S/C66H49N/c1-65(2,56-39-32-47-20-12-13-21-51(47)44-56)53-37-30-48(31-38-53)50-35-42-58(43-36-50)67(57-40-33-49(34-41-57)46-18-6-3-7-19-46)64-59-27-15-14-22-52(59)45-62-63(64)60-28-16-17-29-61(60)66(62,54-23-8-4-9-24-54)55-25-10-5-11-26-55/h3-45H,1-2H3. The van der Waals surface area contributed by atoms with Gasteiger partial charge in [-0.25, -0.2) is 0 Å². The minimum Gasteiger partial charge on any atom is -0.309 e. The lowest BCUT2D eigenvalue weighted by molar-refractivity contribution is 0.642. The van der Waals surface area contributed by atoms with Crippen molar-refractivity contribution < 1.29 is 0 Å². The van der Waals surface area contributed by atoms with Crippen molar-refractivity contribution in [2.24, 2.45) is 0 Å². The lowest BCUT2D eigenvalue weighted by Gasteiger charge is -2.35. The smallest absolute Gasteiger partial charge is 0.0714 e. The predicted octanol–water partition coefficient (Wildman–Crippen LogP) is 17.5. The molecule has 0 N–H and O–H groups in total. The zero-order chi connectivity index (χ0) is 45.0. The second-order valence-corrected chi connectivity index (χ2v) is 18.5. The molecule has 11 aromatic rings. The number of fused-ring (bicyclic) bond motifs is 5. The Balaban J connectivity index is 1.04. The summed E-state index contributed by atoms with van der Waals surface area (Å²) in [5, 5.41) is 4.95. The minimum atomic E-state index is -0.547. The highest BCUT2D eigenvalue weighted by Gasteiger charge is 2.48. The molecule has 0 radical (unpaired) electrons. The zero-order valence-electron chi connectivity index (χ0n) is 37.8. The van der Waals surface area contributed by atoms with Gasteiger partial charge in [-0.1, -0.05) is 244 Å². The normalized spacial score (nSPS) is 12.7. The van der Waals surface area contributed by atoms with Crippen LogP contribution in [-0.4, -0.2) is 0 Å². The van der Waals surface area contributed by atoms with E-state index >= 15 is 0 Å². The Bertz CT molecular complexity index is 3510. The number of nitrogens with zero attached hydrogens (tertiary/aromatic N) is 1. The van der Waals surface area contributed by atoms with Crippen molar-refractivity contribution in [3.05, 3.63) is 294 Å². The molecule has 11 aromatic carbocycles. The fraction of sp³-hybridized carbons (Fsp3) is 0.0606. The number of hydrogen-bond acceptors (Lipinski definition) is 1. The molecular formula is C66H49N. The first-order valence-corrected chi connectivity index (χ1v) is 23.4. The second-order valence-electron chi connectivity index (χ2n) is 18.5. The number of rotatable bonds is 9. The van der Waals surface area contributed by atoms with E-state index in [1.807, 2.05) is 0 Å². The Hall–Kier alpha value is -8.26. The molecule has 1 aliphatic carbocycles. The number of anilines is 3. The van der Waals surface area contributed by atoms with Crippen LogP contribution in [0, 0.1) is 0 Å². The molecule has 0 saturated carbocycles. The van der Waals surface area contributed by atoms with Gasteiger partial charge in [0.1, 0.15) is 0 Å². The van der Waals surface area contributed by atoms with Crippen molar-refractivity contribution in [1.82, 2.24) is 0 Å². The molecule has 1 nitrogen and oxygen atoms in total. The summed E-state index contributed by atoms with van der Waals surface area (Å²) in [4.78, 5) is 2.51. The zero-order valence-corrected chi connectivity index (χ0v) is 37.8. The molecule has 12 rings (SSSR count). The van der Waals surface area contributed by atoms with Crippen LogP contribution in [0.5, 0.6) is 0 Å². The third kappa shape index (κ3) is 6.69. The van der Waals surface area contributed by atoms with Gasteiger partial charge in [-0.2, -0.15) is 0 Å². The molecule has 0 saturated heterocycles. The summed E-state index contributed by atoms with van der Waals surface area (Å²) in [6, 6.07) is 96.4. The fourth-order valence-electron chi connectivity index (χ4n) is 10.9. The van der Waals surface area contributed by atoms with Crippen LogP contribution in [0.4, 0.5) is 17.1 Å². The number of benzene rings is 11. The molecule has 0 aromatic heterocycles. The summed E-state index contributed by atoms with van der Waals surface area (Å²) in [5.74, 6) is 0. The maximum atomic E-state index is 2.51. The van der Waals surface area contributed by atoms with E-state index < -0.39 is 5.41 Å². The van der Waals surface area contributed by atoms with Gasteiger partial charge in [0.25, 0.3) is 0 Å². The summed E-state index contributed by atoms with van der Waals surface area (Å²) in [5.41, 5.74) is 17.6. The molecule has 1 heteroatoms. The first-order valence-electron chi connectivity index (χ1n) is 23.4. The third-order valence-electron chi connectivity index (χ3n) is 14.4. The second kappa shape index (κ2) is 16.3. The van der Waals surface area contributed by atoms with Crippen LogP contribution in [0.15, 0.2) is 261 Å². The fourth-order valence-corrected chi connectivity index (χ4v) is 10.9. The largest absolute Gasteiger partial charge is 0.309 e. The summed E-state index contributed by atoms with van der Waals surface area (Å²) in [6.45, 7) is 4.65. The summed E-state index contributed by atoms with van der Waals surface area (Å²) >= 11 is 0. The topological polar surface area (TPSA) is 3.24 Å². The van der Waals surface area contributed by atoms with Gasteiger partial charge >= 0.3 is 0 Å². The Morgan fingerprint density at radius 1 is 0.343 bits per heavy atom. The summed E-state index contributed by atoms with van der Waals surface area (Å²) in [6.07, 6.45) is 0. The monoisotopic (exact) mass is 855 g/mol. The molecule has 0 aliphatic heterocycles. The molecule has 0 heterocycles. The highest BCUT2D eigenvalue weighted by molar-refractivity contribution is 6.11. The van der Waals surface area contributed by atoms with Gasteiger partial charge in [-0.3, -0.25) is 0 Å². The van der Waals surface area contributed by atoms with E-state index in [1.54, 1.807) is 0 Å². The maximum absolute atomic E-state index is 2.51. The van der Waals surface area contributed by atoms with E-state index in [2.05, 4.69) is 280 Å². The Labute approximate surface area is 393 Å². The first-order chi connectivity index (χ1) is 33.0. The van der Waals surface area contributed by atoms with Crippen molar-refractivity contribution in [3.63, 3.8) is 0 Å². The Morgan fingerprint density at radius 3 is 1.42 bits per heavy atom. The van der Waals surface area contributed by atoms with E-state index in [0.29, 0.717) is 0 Å². The van der Waals surface area contributed by atoms with E-state index in [-0.39, 0.29) is 5.41 Å². The molecule has 318 valence electrons. The lowest BCUT2D eigenvalue weighted by Crippen LogP contribution is -2.28. The van der Waals surface area contributed by atoms with Crippen molar-refractivity contribution in [2.75, 3.05) is 4.90 Å². The first kappa shape index (κ1) is 40.3. The van der Waals surface area contributed by atoms with Crippen LogP contribution >= 0.6 is 0 Å². The predicted molar refractivity (Wildman–Crippen MR) is 283 cm³/mol. The van der Waals surface area contributed by atoms with E-state index in [0.717, 1.165) is 11.4 Å². The Morgan fingerprint density at radius 2 is 0.806 bits per heavy atom. The minimum absolute atomic E-state index is 0.154. The maximum Gasteiger partial charge on any atom is 0.0714 e. The van der Waals surface area contributed by atoms with Crippen molar-refractivity contribution in [2.45, 2.75) is 24.7 Å². The van der Waals surface area contributed by atoms with E-state index in [1.165, 1.54) is 94.0 Å². The molecular weight excluding hydrogens is 807 g/mol. The molecule has 1 aliphatic rings. The van der Waals surface area contributed by atoms with Crippen molar-refractivity contribution in [1.29, 1.82) is 0 Å². The average Bonchev–Trinajstić information content (AvgIpc) is 3.70. The van der Waals surface area contributed by atoms with Crippen LogP contribution in [0.2, 0.25) is 0 Å². The molecule has 0 fully saturated rings. The molecule has 0 unspecified atom stereocenters. The van der Waals surface area contributed by atoms with Gasteiger partial charge in [0.2, 0.25) is 0 Å². The summed E-state index contributed by atoms with van der Waals surface area (Å²) < 4.78 is 0. The van der Waals surface area contributed by atoms with Crippen LogP contribution in [0.3, 0.4) is 0 Å². The molecule has 0 spiro atoms. The molecule has 0 bridgehead atoms. The van der Waals surface area contributed by atoms with Crippen LogP contribution in [-0.2, 0) is 10.8 Å². The highest BCUT2D eigenvalue weighted by Crippen LogP contribution is 2.61. The molecule has 0 amide bonds. The van der Waals surface area contributed by atoms with E-state index in [4.69, 9.17) is 0 Å². The van der Waals surface area contributed by atoms with Gasteiger partial charge in [0, 0.05) is 27.7 Å². The van der Waals surface area contributed by atoms with Crippen molar-refractivity contribution in [3.8, 4) is 33.4 Å². The molecule has 67 heavy (non-hydrogen) atoms. The van der Waals surface area contributed by atoms with Gasteiger partial charge in [0.15, 0.2) is 0 Å². The third-order valence-corrected chi connectivity index (χ3v) is 14.4. The van der Waals surface area contributed by atoms with Crippen LogP contribution in [0.1, 0.15) is 47.2 Å².